The number of unbranched alkanes of at least 4 members (excludes halogenated alkanes) is 1. The van der Waals surface area contributed by atoms with Crippen LogP contribution < -0.4 is 0 Å². The van der Waals surface area contributed by atoms with Crippen LogP contribution in [0.5, 0.6) is 0 Å². The van der Waals surface area contributed by atoms with Crippen molar-refractivity contribution in [1.82, 2.24) is 0 Å². The maximum absolute atomic E-state index is 11.2. The number of nitrogens with zero attached hydrogens (tertiary/aromatic N) is 2. The van der Waals surface area contributed by atoms with Crippen LogP contribution in [0.2, 0.25) is 0 Å². The molecule has 0 aromatic rings. The van der Waals surface area contributed by atoms with Crippen LogP contribution in [0.25, 0.3) is 0 Å². The molecular formula is C10H14N2O. The van der Waals surface area contributed by atoms with Gasteiger partial charge in [-0.1, -0.05) is 6.92 Å². The lowest BCUT2D eigenvalue weighted by Gasteiger charge is -2.22. The molecule has 0 radical (unpaired) electrons. The van der Waals surface area contributed by atoms with Crippen molar-refractivity contribution >= 4 is 5.78 Å². The third kappa shape index (κ3) is 3.71. The highest BCUT2D eigenvalue weighted by atomic mass is 16.1. The van der Waals surface area contributed by atoms with Gasteiger partial charge in [0, 0.05) is 18.3 Å². The van der Waals surface area contributed by atoms with Gasteiger partial charge in [-0.25, -0.2) is 0 Å². The number of hydrogen-bond donors (Lipinski definition) is 0. The fourth-order valence-electron chi connectivity index (χ4n) is 1.12. The molecule has 3 heteroatoms. The number of nitriles is 2. The summed E-state index contributed by atoms with van der Waals surface area (Å²) in [5, 5.41) is 16.9. The zero-order valence-corrected chi connectivity index (χ0v) is 8.13. The van der Waals surface area contributed by atoms with Crippen LogP contribution in [0, 0.1) is 28.1 Å². The molecule has 0 aliphatic carbocycles. The van der Waals surface area contributed by atoms with Crippen molar-refractivity contribution in [3.05, 3.63) is 0 Å². The molecule has 1 atom stereocenters. The van der Waals surface area contributed by atoms with E-state index in [1.165, 1.54) is 6.92 Å². The van der Waals surface area contributed by atoms with Gasteiger partial charge in [0.1, 0.15) is 5.78 Å². The van der Waals surface area contributed by atoms with E-state index in [1.807, 2.05) is 12.1 Å². The molecule has 0 aromatic heterocycles. The van der Waals surface area contributed by atoms with Gasteiger partial charge in [-0.05, 0) is 19.8 Å². The minimum Gasteiger partial charge on any atom is -0.299 e. The Labute approximate surface area is 79.0 Å². The second kappa shape index (κ2) is 5.32. The molecule has 0 bridgehead atoms. The Hall–Kier alpha value is -1.35. The fourth-order valence-corrected chi connectivity index (χ4v) is 1.12. The zero-order valence-electron chi connectivity index (χ0n) is 8.13. The van der Waals surface area contributed by atoms with Gasteiger partial charge in [0.05, 0.1) is 12.1 Å². The van der Waals surface area contributed by atoms with E-state index in [9.17, 15) is 4.79 Å². The number of carbonyl (C=O) groups excluding carboxylic acids is 1. The van der Waals surface area contributed by atoms with Crippen LogP contribution >= 0.6 is 0 Å². The van der Waals surface area contributed by atoms with Gasteiger partial charge >= 0.3 is 0 Å². The second-order valence-corrected chi connectivity index (χ2v) is 3.46. The van der Waals surface area contributed by atoms with Crippen LogP contribution in [0.15, 0.2) is 0 Å². The fraction of sp³-hybridized carbons (Fsp3) is 0.700. The lowest BCUT2D eigenvalue weighted by atomic mass is 9.79. The van der Waals surface area contributed by atoms with Crippen molar-refractivity contribution in [1.29, 1.82) is 10.5 Å². The highest BCUT2D eigenvalue weighted by molar-refractivity contribution is 5.82. The number of ketones is 1. The highest BCUT2D eigenvalue weighted by Crippen LogP contribution is 2.28. The molecule has 0 rings (SSSR count). The Morgan fingerprint density at radius 2 is 2.00 bits per heavy atom. The van der Waals surface area contributed by atoms with E-state index in [1.54, 1.807) is 6.92 Å². The minimum absolute atomic E-state index is 0.0342. The summed E-state index contributed by atoms with van der Waals surface area (Å²) in [4.78, 5) is 11.2. The van der Waals surface area contributed by atoms with Gasteiger partial charge in [0.2, 0.25) is 0 Å². The molecule has 0 aliphatic heterocycles. The van der Waals surface area contributed by atoms with Gasteiger partial charge in [0.25, 0.3) is 0 Å². The first-order valence-electron chi connectivity index (χ1n) is 4.32. The molecule has 0 heterocycles. The van der Waals surface area contributed by atoms with E-state index >= 15 is 0 Å². The Bertz CT molecular complexity index is 259. The third-order valence-electron chi connectivity index (χ3n) is 2.34. The van der Waals surface area contributed by atoms with Crippen molar-refractivity contribution in [2.24, 2.45) is 5.41 Å². The summed E-state index contributed by atoms with van der Waals surface area (Å²) in [7, 11) is 0. The van der Waals surface area contributed by atoms with Crippen LogP contribution in [0.4, 0.5) is 0 Å². The lowest BCUT2D eigenvalue weighted by molar-refractivity contribution is -0.125. The second-order valence-electron chi connectivity index (χ2n) is 3.46. The molecule has 0 aliphatic rings. The van der Waals surface area contributed by atoms with E-state index in [4.69, 9.17) is 10.5 Å². The Kier molecular flexibility index (Phi) is 4.77. The van der Waals surface area contributed by atoms with Crippen molar-refractivity contribution < 1.29 is 4.79 Å². The average Bonchev–Trinajstić information content (AvgIpc) is 2.05. The quantitative estimate of drug-likeness (QED) is 0.606. The molecule has 3 nitrogen and oxygen atoms in total. The smallest absolute Gasteiger partial charge is 0.136 e. The first-order valence-corrected chi connectivity index (χ1v) is 4.32. The van der Waals surface area contributed by atoms with Gasteiger partial charge in [-0.2, -0.15) is 10.5 Å². The van der Waals surface area contributed by atoms with Crippen molar-refractivity contribution in [3.8, 4) is 12.1 Å². The summed E-state index contributed by atoms with van der Waals surface area (Å²) in [6.45, 7) is 3.29. The molecule has 0 N–H and O–H groups in total. The van der Waals surface area contributed by atoms with E-state index in [0.29, 0.717) is 19.3 Å². The molecule has 0 saturated carbocycles. The monoisotopic (exact) mass is 178 g/mol. The number of rotatable bonds is 5. The van der Waals surface area contributed by atoms with E-state index in [0.717, 1.165) is 0 Å². The maximum atomic E-state index is 11.2. The zero-order chi connectivity index (χ0) is 10.3. The average molecular weight is 178 g/mol. The van der Waals surface area contributed by atoms with Crippen molar-refractivity contribution in [3.63, 3.8) is 0 Å². The summed E-state index contributed by atoms with van der Waals surface area (Å²) in [6.07, 6.45) is 2.01. The molecule has 1 unspecified atom stereocenters. The normalized spacial score (nSPS) is 13.8. The first kappa shape index (κ1) is 11.6. The Morgan fingerprint density at radius 3 is 2.38 bits per heavy atom. The summed E-state index contributed by atoms with van der Waals surface area (Å²) in [5.41, 5.74) is -0.550. The number of hydrogen-bond acceptors (Lipinski definition) is 3. The third-order valence-corrected chi connectivity index (χ3v) is 2.34. The molecule has 13 heavy (non-hydrogen) atoms. The number of carbonyl (C=O) groups is 1. The lowest BCUT2D eigenvalue weighted by Crippen LogP contribution is -2.24. The Morgan fingerprint density at radius 1 is 1.38 bits per heavy atom. The summed E-state index contributed by atoms with van der Waals surface area (Å²) in [5.74, 6) is 0.0342. The molecule has 0 aromatic carbocycles. The van der Waals surface area contributed by atoms with E-state index < -0.39 is 5.41 Å². The standard InChI is InChI=1S/C10H14N2O/c1-9(13)10(2,6-8-12)5-3-4-7-11/h3-6H2,1-2H3. The summed E-state index contributed by atoms with van der Waals surface area (Å²) in [6, 6.07) is 4.04. The summed E-state index contributed by atoms with van der Waals surface area (Å²) < 4.78 is 0. The van der Waals surface area contributed by atoms with Gasteiger partial charge in [0.15, 0.2) is 0 Å². The molecule has 0 spiro atoms. The van der Waals surface area contributed by atoms with Crippen molar-refractivity contribution in [2.75, 3.05) is 0 Å². The SMILES string of the molecule is CC(=O)C(C)(CC#N)CCCC#N. The predicted molar refractivity (Wildman–Crippen MR) is 48.5 cm³/mol. The van der Waals surface area contributed by atoms with Crippen LogP contribution in [0.1, 0.15) is 39.5 Å². The number of Topliss-reactive ketones (excluding diaryl/α,β-unsaturated/α-hetero) is 1. The molecule has 0 fully saturated rings. The predicted octanol–water partition coefficient (Wildman–Crippen LogP) is 2.19. The molecule has 0 saturated heterocycles. The highest BCUT2D eigenvalue weighted by Gasteiger charge is 2.28. The van der Waals surface area contributed by atoms with Crippen molar-refractivity contribution in [2.45, 2.75) is 39.5 Å². The van der Waals surface area contributed by atoms with E-state index in [2.05, 4.69) is 0 Å². The molecule has 0 amide bonds. The molecule has 70 valence electrons. The molecular weight excluding hydrogens is 164 g/mol. The topological polar surface area (TPSA) is 64.7 Å². The Balaban J connectivity index is 4.19. The van der Waals surface area contributed by atoms with Gasteiger partial charge in [-0.3, -0.25) is 4.79 Å². The van der Waals surface area contributed by atoms with Gasteiger partial charge < -0.3 is 0 Å². The van der Waals surface area contributed by atoms with Crippen LogP contribution in [0.3, 0.4) is 0 Å². The van der Waals surface area contributed by atoms with Crippen LogP contribution in [-0.4, -0.2) is 5.78 Å². The first-order chi connectivity index (χ1) is 6.06. The minimum atomic E-state index is -0.550. The van der Waals surface area contributed by atoms with E-state index in [-0.39, 0.29) is 12.2 Å². The van der Waals surface area contributed by atoms with Crippen LogP contribution in [-0.2, 0) is 4.79 Å². The maximum Gasteiger partial charge on any atom is 0.136 e. The van der Waals surface area contributed by atoms with Gasteiger partial charge in [-0.15, -0.1) is 0 Å². The summed E-state index contributed by atoms with van der Waals surface area (Å²) >= 11 is 0. The largest absolute Gasteiger partial charge is 0.299 e.